The number of unbranched alkanes of at least 4 members (excludes halogenated alkanes) is 1. The molecule has 3 saturated heterocycles. The van der Waals surface area contributed by atoms with Crippen LogP contribution in [0.4, 0.5) is 0 Å². The third-order valence-corrected chi connectivity index (χ3v) is 13.1. The number of carbonyl (C=O) groups excluding carboxylic acids is 7. The van der Waals surface area contributed by atoms with Gasteiger partial charge in [-0.3, -0.25) is 33.6 Å². The smallest absolute Gasteiger partial charge is 0.251 e. The number of hydrogen-bond acceptors (Lipinski definition) is 12. The normalized spacial score (nSPS) is 24.6. The summed E-state index contributed by atoms with van der Waals surface area (Å²) in [4.78, 5) is 102. The van der Waals surface area contributed by atoms with Crippen molar-refractivity contribution in [1.29, 1.82) is 0 Å². The van der Waals surface area contributed by atoms with Crippen LogP contribution >= 0.6 is 0 Å². The van der Waals surface area contributed by atoms with E-state index in [0.717, 1.165) is 28.9 Å². The molecule has 19 heteroatoms. The van der Waals surface area contributed by atoms with E-state index in [4.69, 9.17) is 16.2 Å². The molecule has 0 saturated carbocycles. The largest absolute Gasteiger partial charge is 0.508 e. The number of benzene rings is 3. The third-order valence-electron chi connectivity index (χ3n) is 13.1. The summed E-state index contributed by atoms with van der Waals surface area (Å²) in [7, 11) is 0. The van der Waals surface area contributed by atoms with Crippen molar-refractivity contribution in [2.75, 3.05) is 32.8 Å². The lowest BCUT2D eigenvalue weighted by Gasteiger charge is -2.32. The van der Waals surface area contributed by atoms with Crippen LogP contribution < -0.4 is 42.8 Å². The van der Waals surface area contributed by atoms with Crippen LogP contribution in [0.2, 0.25) is 0 Å². The lowest BCUT2D eigenvalue weighted by molar-refractivity contribution is -0.144. The molecule has 6 rings (SSSR count). The minimum Gasteiger partial charge on any atom is -0.508 e. The molecule has 0 radical (unpaired) electrons. The second-order valence-electron chi connectivity index (χ2n) is 18.4. The minimum atomic E-state index is -1.53. The van der Waals surface area contributed by atoms with E-state index in [0.29, 0.717) is 32.4 Å². The highest BCUT2D eigenvalue weighted by Crippen LogP contribution is 2.25. The zero-order chi connectivity index (χ0) is 50.3. The van der Waals surface area contributed by atoms with Crippen molar-refractivity contribution in [2.24, 2.45) is 11.5 Å². The highest BCUT2D eigenvalue weighted by atomic mass is 16.5. The zero-order valence-corrected chi connectivity index (χ0v) is 40.1. The first-order valence-electron chi connectivity index (χ1n) is 24.5. The standard InChI is InChI=1S/C51H69N9O10/c1-3-28-70-38-22-18-34(19-23-38)33-14-16-35(17-15-33)45(63)55-39-9-6-26-54-48(66)43-29-36(53)30-60(43)50(68)41(8-4-5-25-52)57-46(64)40(24-13-32-11-20-37(62)21-12-32)56-49(67)42-10-7-27-59(42)51(69)44(31(2)61)58-47(39)65/h11-12,14-23,31,36,39-44,61-62H,3-10,13,24-30,52-53H2,1-2H3,(H,54,66)(H,55,63)(H,56,67)(H,57,64)(H,58,65)/t31?,36?,39-,40-,41-,42-,43-,44-/m0/s1. The first kappa shape index (κ1) is 52.8. The van der Waals surface area contributed by atoms with Gasteiger partial charge in [0, 0.05) is 31.2 Å². The summed E-state index contributed by atoms with van der Waals surface area (Å²) in [5.41, 5.74) is 14.9. The lowest BCUT2D eigenvalue weighted by Crippen LogP contribution is -2.61. The molecule has 3 heterocycles. The molecule has 8 atom stereocenters. The van der Waals surface area contributed by atoms with E-state index in [1.54, 1.807) is 36.4 Å². The number of nitrogens with two attached hydrogens (primary N) is 2. The number of nitrogens with one attached hydrogen (secondary N) is 5. The highest BCUT2D eigenvalue weighted by molar-refractivity contribution is 6.00. The Labute approximate surface area is 408 Å². The number of ether oxygens (including phenoxy) is 1. The van der Waals surface area contributed by atoms with Crippen molar-refractivity contribution in [3.63, 3.8) is 0 Å². The van der Waals surface area contributed by atoms with Gasteiger partial charge in [0.15, 0.2) is 0 Å². The topological polar surface area (TPSA) is 288 Å². The van der Waals surface area contributed by atoms with E-state index >= 15 is 0 Å². The van der Waals surface area contributed by atoms with Crippen molar-refractivity contribution in [1.82, 2.24) is 36.4 Å². The SMILES string of the molecule is CCCOc1ccc(-c2ccc(C(=O)N[C@H]3CCCNC(=O)[C@@H]4CC(N)CN4C(=O)[C@H](CCCCN)NC(=O)[C@H](CCc4ccc(O)cc4)NC(=O)[C@@H]4CCCN4C(=O)[C@H](C(C)O)NC3=O)cc2)cc1. The molecule has 0 spiro atoms. The Hall–Kier alpha value is -6.57. The van der Waals surface area contributed by atoms with Crippen LogP contribution in [0.3, 0.4) is 0 Å². The molecular formula is C51H69N9O10. The van der Waals surface area contributed by atoms with E-state index in [9.17, 15) is 43.8 Å². The molecule has 19 nitrogen and oxygen atoms in total. The summed E-state index contributed by atoms with van der Waals surface area (Å²) in [6, 6.07) is 13.1. The number of aliphatic hydroxyl groups is 1. The van der Waals surface area contributed by atoms with Gasteiger partial charge in [-0.15, -0.1) is 0 Å². The van der Waals surface area contributed by atoms with Crippen LogP contribution in [0.15, 0.2) is 72.8 Å². The summed E-state index contributed by atoms with van der Waals surface area (Å²) in [6.45, 7) is 4.50. The molecule has 0 aromatic heterocycles. The van der Waals surface area contributed by atoms with Crippen molar-refractivity contribution in [3.8, 4) is 22.6 Å². The monoisotopic (exact) mass is 968 g/mol. The average molecular weight is 968 g/mol. The zero-order valence-electron chi connectivity index (χ0n) is 40.1. The van der Waals surface area contributed by atoms with Crippen LogP contribution in [0, 0.1) is 0 Å². The van der Waals surface area contributed by atoms with E-state index in [1.165, 1.54) is 28.9 Å². The average Bonchev–Trinajstić information content (AvgIpc) is 4.02. The maximum absolute atomic E-state index is 14.4. The number of carbonyl (C=O) groups is 7. The van der Waals surface area contributed by atoms with Crippen LogP contribution in [0.5, 0.6) is 11.5 Å². The first-order chi connectivity index (χ1) is 33.7. The Morgan fingerprint density at radius 3 is 2.14 bits per heavy atom. The second-order valence-corrected chi connectivity index (χ2v) is 18.4. The van der Waals surface area contributed by atoms with Gasteiger partial charge in [0.1, 0.15) is 47.8 Å². The number of amides is 7. The number of hydrogen-bond donors (Lipinski definition) is 9. The Balaban J connectivity index is 1.28. The van der Waals surface area contributed by atoms with Gasteiger partial charge in [0.25, 0.3) is 5.91 Å². The summed E-state index contributed by atoms with van der Waals surface area (Å²) < 4.78 is 5.69. The molecule has 0 bridgehead atoms. The van der Waals surface area contributed by atoms with E-state index < -0.39 is 89.7 Å². The molecular weight excluding hydrogens is 899 g/mol. The number of aromatic hydroxyl groups is 1. The number of phenols is 1. The van der Waals surface area contributed by atoms with Gasteiger partial charge in [-0.25, -0.2) is 0 Å². The summed E-state index contributed by atoms with van der Waals surface area (Å²) in [5, 5.41) is 34.8. The maximum atomic E-state index is 14.4. The lowest BCUT2D eigenvalue weighted by atomic mass is 10.0. The molecule has 2 unspecified atom stereocenters. The number of aliphatic hydroxyl groups excluding tert-OH is 1. The second kappa shape index (κ2) is 25.3. The van der Waals surface area contributed by atoms with Gasteiger partial charge in [-0.2, -0.15) is 0 Å². The predicted molar refractivity (Wildman–Crippen MR) is 261 cm³/mol. The van der Waals surface area contributed by atoms with Gasteiger partial charge in [0.2, 0.25) is 35.4 Å². The molecule has 3 aliphatic rings. The fourth-order valence-corrected chi connectivity index (χ4v) is 9.14. The van der Waals surface area contributed by atoms with Crippen molar-refractivity contribution < 1.29 is 48.5 Å². The summed E-state index contributed by atoms with van der Waals surface area (Å²) >= 11 is 0. The van der Waals surface area contributed by atoms with Crippen LogP contribution in [0.25, 0.3) is 11.1 Å². The Morgan fingerprint density at radius 1 is 0.786 bits per heavy atom. The molecule has 70 heavy (non-hydrogen) atoms. The summed E-state index contributed by atoms with van der Waals surface area (Å²) in [5.74, 6) is -3.63. The molecule has 3 aromatic carbocycles. The van der Waals surface area contributed by atoms with Crippen LogP contribution in [-0.4, -0.2) is 143 Å². The van der Waals surface area contributed by atoms with Gasteiger partial charge >= 0.3 is 0 Å². The molecule has 11 N–H and O–H groups in total. The molecule has 3 fully saturated rings. The Morgan fingerprint density at radius 2 is 1.47 bits per heavy atom. The van der Waals surface area contributed by atoms with E-state index in [-0.39, 0.29) is 75.9 Å². The third kappa shape index (κ3) is 14.0. The fourth-order valence-electron chi connectivity index (χ4n) is 9.14. The molecule has 7 amide bonds. The van der Waals surface area contributed by atoms with Gasteiger partial charge < -0.3 is 62.8 Å². The first-order valence-corrected chi connectivity index (χ1v) is 24.5. The maximum Gasteiger partial charge on any atom is 0.251 e. The number of nitrogens with zero attached hydrogens (tertiary/aromatic N) is 2. The molecule has 3 aromatic rings. The van der Waals surface area contributed by atoms with Crippen molar-refractivity contribution in [3.05, 3.63) is 83.9 Å². The Bertz CT molecular complexity index is 2280. The van der Waals surface area contributed by atoms with Gasteiger partial charge in [-0.1, -0.05) is 43.3 Å². The molecule has 378 valence electrons. The van der Waals surface area contributed by atoms with Crippen molar-refractivity contribution >= 4 is 41.4 Å². The van der Waals surface area contributed by atoms with E-state index in [1.807, 2.05) is 31.2 Å². The van der Waals surface area contributed by atoms with Crippen LogP contribution in [-0.2, 0) is 35.2 Å². The number of aryl methyl sites for hydroxylation is 1. The van der Waals surface area contributed by atoms with Gasteiger partial charge in [-0.05, 0) is 137 Å². The van der Waals surface area contributed by atoms with Crippen molar-refractivity contribution in [2.45, 2.75) is 133 Å². The quantitative estimate of drug-likeness (QED) is 0.104. The minimum absolute atomic E-state index is 0.00847. The van der Waals surface area contributed by atoms with Gasteiger partial charge in [0.05, 0.1) is 12.7 Å². The number of rotatable bonds is 14. The number of fused-ring (bicyclic) bond motifs is 2. The highest BCUT2D eigenvalue weighted by Gasteiger charge is 2.43. The van der Waals surface area contributed by atoms with E-state index in [2.05, 4.69) is 26.6 Å². The fraction of sp³-hybridized carbons (Fsp3) is 0.510. The molecule has 3 aliphatic heterocycles. The summed E-state index contributed by atoms with van der Waals surface area (Å²) in [6.07, 6.45) is 1.95. The molecule has 0 aliphatic carbocycles. The predicted octanol–water partition coefficient (Wildman–Crippen LogP) is 1.37. The number of phenolic OH excluding ortho intramolecular Hbond substituents is 1. The van der Waals surface area contributed by atoms with Crippen LogP contribution in [0.1, 0.15) is 94.0 Å². The Kier molecular flexibility index (Phi) is 19.1.